The second-order valence-electron chi connectivity index (χ2n) is 8.24. The number of carbonyl (C=O) groups is 2. The van der Waals surface area contributed by atoms with Crippen LogP contribution in [0.3, 0.4) is 0 Å². The zero-order valence-electron chi connectivity index (χ0n) is 19.6. The van der Waals surface area contributed by atoms with E-state index in [-0.39, 0.29) is 31.4 Å². The van der Waals surface area contributed by atoms with Gasteiger partial charge in [0.05, 0.1) is 25.7 Å². The van der Waals surface area contributed by atoms with E-state index in [1.165, 1.54) is 37.3 Å². The number of amides is 1. The van der Waals surface area contributed by atoms with Crippen LogP contribution in [0.2, 0.25) is 0 Å². The molecule has 0 aliphatic carbocycles. The molecular formula is C24H28N2O8. The lowest BCUT2D eigenvalue weighted by molar-refractivity contribution is -0.385. The molecule has 0 fully saturated rings. The second kappa shape index (κ2) is 10.9. The highest BCUT2D eigenvalue weighted by Crippen LogP contribution is 2.34. The van der Waals surface area contributed by atoms with Crippen LogP contribution >= 0.6 is 0 Å². The number of hydrogen-bond donors (Lipinski definition) is 0. The van der Waals surface area contributed by atoms with E-state index in [1.54, 1.807) is 18.2 Å². The van der Waals surface area contributed by atoms with Gasteiger partial charge < -0.3 is 18.9 Å². The highest BCUT2D eigenvalue weighted by atomic mass is 16.6. The zero-order chi connectivity index (χ0) is 24.8. The van der Waals surface area contributed by atoms with Gasteiger partial charge in [0.25, 0.3) is 5.69 Å². The Hall–Kier alpha value is -3.82. The molecule has 0 bridgehead atoms. The molecule has 1 atom stereocenters. The highest BCUT2D eigenvalue weighted by Gasteiger charge is 2.38. The maximum absolute atomic E-state index is 12.6. The number of benzene rings is 2. The minimum Gasteiger partial charge on any atom is -0.496 e. The lowest BCUT2D eigenvalue weighted by Crippen LogP contribution is -2.44. The molecule has 0 saturated carbocycles. The third kappa shape index (κ3) is 5.56. The molecule has 182 valence electrons. The summed E-state index contributed by atoms with van der Waals surface area (Å²) in [6.07, 6.45) is -0.0652. The Kier molecular flexibility index (Phi) is 7.93. The van der Waals surface area contributed by atoms with Gasteiger partial charge in [-0.05, 0) is 41.7 Å². The topological polar surface area (TPSA) is 117 Å². The summed E-state index contributed by atoms with van der Waals surface area (Å²) in [6, 6.07) is 8.58. The van der Waals surface area contributed by atoms with Crippen molar-refractivity contribution in [3.8, 4) is 11.5 Å². The fourth-order valence-corrected chi connectivity index (χ4v) is 3.73. The Balaban J connectivity index is 1.81. The molecular weight excluding hydrogens is 444 g/mol. The van der Waals surface area contributed by atoms with Crippen LogP contribution in [0, 0.1) is 16.0 Å². The van der Waals surface area contributed by atoms with Crippen molar-refractivity contribution in [1.29, 1.82) is 0 Å². The predicted octanol–water partition coefficient (Wildman–Crippen LogP) is 4.05. The van der Waals surface area contributed by atoms with Gasteiger partial charge in [-0.1, -0.05) is 19.9 Å². The second-order valence-corrected chi connectivity index (χ2v) is 8.24. The van der Waals surface area contributed by atoms with Gasteiger partial charge in [-0.3, -0.25) is 15.0 Å². The molecule has 1 heterocycles. The van der Waals surface area contributed by atoms with Crippen molar-refractivity contribution in [3.63, 3.8) is 0 Å². The van der Waals surface area contributed by atoms with Crippen LogP contribution in [0.15, 0.2) is 36.4 Å². The smallest absolute Gasteiger partial charge is 0.410 e. The summed E-state index contributed by atoms with van der Waals surface area (Å²) < 4.78 is 21.4. The van der Waals surface area contributed by atoms with Crippen molar-refractivity contribution < 1.29 is 33.5 Å². The molecule has 2 aromatic rings. The van der Waals surface area contributed by atoms with Crippen LogP contribution in [0.4, 0.5) is 10.5 Å². The summed E-state index contributed by atoms with van der Waals surface area (Å²) in [4.78, 5) is 37.2. The van der Waals surface area contributed by atoms with Crippen LogP contribution in [0.1, 0.15) is 36.6 Å². The van der Waals surface area contributed by atoms with Gasteiger partial charge in [0.2, 0.25) is 0 Å². The summed E-state index contributed by atoms with van der Waals surface area (Å²) in [5.74, 6) is 0.607. The van der Waals surface area contributed by atoms with Crippen LogP contribution in [-0.4, -0.2) is 49.3 Å². The molecule has 0 radical (unpaired) electrons. The molecule has 0 aromatic heterocycles. The number of esters is 1. The van der Waals surface area contributed by atoms with Gasteiger partial charge in [0.15, 0.2) is 6.04 Å². The lowest BCUT2D eigenvalue weighted by Gasteiger charge is -2.35. The van der Waals surface area contributed by atoms with Gasteiger partial charge in [-0.25, -0.2) is 9.59 Å². The van der Waals surface area contributed by atoms with E-state index in [1.807, 2.05) is 13.8 Å². The number of ether oxygens (including phenoxy) is 4. The lowest BCUT2D eigenvalue weighted by atomic mass is 9.92. The van der Waals surface area contributed by atoms with Crippen LogP contribution in [0.5, 0.6) is 11.5 Å². The average molecular weight is 472 g/mol. The van der Waals surface area contributed by atoms with Gasteiger partial charge in [0.1, 0.15) is 18.1 Å². The van der Waals surface area contributed by atoms with E-state index in [4.69, 9.17) is 18.9 Å². The SMILES string of the molecule is COC(=O)C1c2ccc(OCc3cc([N+](=O)[O-])ccc3OC)cc2CCN1C(=O)OCC(C)C. The molecule has 10 heteroatoms. The molecule has 1 amide bonds. The fraction of sp³-hybridized carbons (Fsp3) is 0.417. The van der Waals surface area contributed by atoms with Gasteiger partial charge in [-0.2, -0.15) is 0 Å². The minimum atomic E-state index is -0.917. The first-order valence-corrected chi connectivity index (χ1v) is 10.8. The third-order valence-electron chi connectivity index (χ3n) is 5.41. The van der Waals surface area contributed by atoms with Crippen LogP contribution < -0.4 is 9.47 Å². The average Bonchev–Trinajstić information content (AvgIpc) is 2.84. The maximum Gasteiger partial charge on any atom is 0.410 e. The zero-order valence-corrected chi connectivity index (χ0v) is 19.6. The summed E-state index contributed by atoms with van der Waals surface area (Å²) >= 11 is 0. The quantitative estimate of drug-likeness (QED) is 0.321. The van der Waals surface area contributed by atoms with E-state index in [2.05, 4.69) is 0 Å². The van der Waals surface area contributed by atoms with Crippen molar-refractivity contribution in [3.05, 3.63) is 63.2 Å². The van der Waals surface area contributed by atoms with Crippen molar-refractivity contribution in [2.45, 2.75) is 32.9 Å². The van der Waals surface area contributed by atoms with Crippen molar-refractivity contribution in [1.82, 2.24) is 4.90 Å². The van der Waals surface area contributed by atoms with E-state index in [0.717, 1.165) is 5.56 Å². The number of nitrogens with zero attached hydrogens (tertiary/aromatic N) is 2. The predicted molar refractivity (Wildman–Crippen MR) is 122 cm³/mol. The van der Waals surface area contributed by atoms with Gasteiger partial charge in [-0.15, -0.1) is 0 Å². The Morgan fingerprint density at radius 3 is 2.59 bits per heavy atom. The normalized spacial score (nSPS) is 14.9. The molecule has 0 spiro atoms. The first-order valence-electron chi connectivity index (χ1n) is 10.8. The molecule has 1 aliphatic rings. The van der Waals surface area contributed by atoms with E-state index in [9.17, 15) is 19.7 Å². The van der Waals surface area contributed by atoms with Gasteiger partial charge in [0, 0.05) is 24.2 Å². The molecule has 0 saturated heterocycles. The maximum atomic E-state index is 12.6. The summed E-state index contributed by atoms with van der Waals surface area (Å²) in [5, 5.41) is 11.1. The number of nitro benzene ring substituents is 1. The first-order chi connectivity index (χ1) is 16.2. The number of rotatable bonds is 8. The number of methoxy groups -OCH3 is 2. The number of nitro groups is 1. The first kappa shape index (κ1) is 24.8. The summed E-state index contributed by atoms with van der Waals surface area (Å²) in [6.45, 7) is 4.45. The molecule has 0 N–H and O–H groups in total. The summed E-state index contributed by atoms with van der Waals surface area (Å²) in [5.41, 5.74) is 1.95. The molecule has 2 aromatic carbocycles. The summed E-state index contributed by atoms with van der Waals surface area (Å²) in [7, 11) is 2.76. The largest absolute Gasteiger partial charge is 0.496 e. The van der Waals surface area contributed by atoms with E-state index in [0.29, 0.717) is 29.0 Å². The Morgan fingerprint density at radius 2 is 1.94 bits per heavy atom. The fourth-order valence-electron chi connectivity index (χ4n) is 3.73. The highest BCUT2D eigenvalue weighted by molar-refractivity contribution is 5.84. The molecule has 10 nitrogen and oxygen atoms in total. The molecule has 1 aliphatic heterocycles. The van der Waals surface area contributed by atoms with Crippen LogP contribution in [0.25, 0.3) is 0 Å². The Bertz CT molecular complexity index is 1070. The number of non-ortho nitro benzene ring substituents is 1. The van der Waals surface area contributed by atoms with Crippen molar-refractivity contribution in [2.24, 2.45) is 5.92 Å². The van der Waals surface area contributed by atoms with E-state index < -0.39 is 23.0 Å². The Labute approximate surface area is 197 Å². The number of carbonyl (C=O) groups excluding carboxylic acids is 2. The number of fused-ring (bicyclic) bond motifs is 1. The Morgan fingerprint density at radius 1 is 1.18 bits per heavy atom. The van der Waals surface area contributed by atoms with E-state index >= 15 is 0 Å². The molecule has 34 heavy (non-hydrogen) atoms. The molecule has 1 unspecified atom stereocenters. The van der Waals surface area contributed by atoms with Gasteiger partial charge >= 0.3 is 12.1 Å². The molecule has 3 rings (SSSR count). The number of hydrogen-bond acceptors (Lipinski definition) is 8. The van der Waals surface area contributed by atoms with Crippen molar-refractivity contribution in [2.75, 3.05) is 27.4 Å². The van der Waals surface area contributed by atoms with Crippen LogP contribution in [-0.2, 0) is 27.3 Å². The minimum absolute atomic E-state index is 0.0533. The standard InChI is InChI=1S/C24H28N2O8/c1-15(2)13-34-24(28)25-10-9-16-12-19(6-7-20(16)22(25)23(27)32-4)33-14-17-11-18(26(29)30)5-8-21(17)31-3/h5-8,11-12,15,22H,9-10,13-14H2,1-4H3. The third-order valence-corrected chi connectivity index (χ3v) is 5.41. The van der Waals surface area contributed by atoms with Crippen molar-refractivity contribution >= 4 is 17.7 Å². The monoisotopic (exact) mass is 472 g/mol.